The van der Waals surface area contributed by atoms with Crippen LogP contribution in [0.5, 0.6) is 0 Å². The van der Waals surface area contributed by atoms with Crippen LogP contribution in [0.2, 0.25) is 5.02 Å². The first-order valence-electron chi connectivity index (χ1n) is 5.48. The minimum absolute atomic E-state index is 0.137. The van der Waals surface area contributed by atoms with E-state index in [0.717, 1.165) is 0 Å². The van der Waals surface area contributed by atoms with E-state index in [4.69, 9.17) is 11.6 Å². The van der Waals surface area contributed by atoms with Crippen LogP contribution in [0.3, 0.4) is 0 Å². The number of imidazole rings is 1. The first-order chi connectivity index (χ1) is 9.15. The number of nitrogens with zero attached hydrogens (tertiary/aromatic N) is 1. The van der Waals surface area contributed by atoms with Crippen molar-refractivity contribution in [1.29, 1.82) is 0 Å². The van der Waals surface area contributed by atoms with Gasteiger partial charge < -0.3 is 10.3 Å². The summed E-state index contributed by atoms with van der Waals surface area (Å²) in [6, 6.07) is 6.39. The Hall–Kier alpha value is -2.34. The van der Waals surface area contributed by atoms with Crippen LogP contribution in [0.1, 0.15) is 10.4 Å². The number of anilines is 1. The first-order valence-corrected chi connectivity index (χ1v) is 5.86. The molecule has 0 saturated carbocycles. The smallest absolute Gasteiger partial charge is 0.251 e. The Morgan fingerprint density at radius 2 is 2.00 bits per heavy atom. The van der Waals surface area contributed by atoms with E-state index in [9.17, 15) is 9.59 Å². The largest absolute Gasteiger partial charge is 0.343 e. The van der Waals surface area contributed by atoms with E-state index in [2.05, 4.69) is 20.6 Å². The molecule has 0 atom stereocenters. The third-order valence-corrected chi connectivity index (χ3v) is 2.52. The van der Waals surface area contributed by atoms with Crippen LogP contribution in [0, 0.1) is 0 Å². The minimum Gasteiger partial charge on any atom is -0.343 e. The van der Waals surface area contributed by atoms with Crippen molar-refractivity contribution in [3.05, 3.63) is 47.2 Å². The van der Waals surface area contributed by atoms with Crippen molar-refractivity contribution in [3.63, 3.8) is 0 Å². The summed E-state index contributed by atoms with van der Waals surface area (Å²) >= 11 is 5.72. The molecule has 98 valence electrons. The third-order valence-electron chi connectivity index (χ3n) is 2.27. The van der Waals surface area contributed by atoms with E-state index in [1.807, 2.05) is 0 Å². The maximum atomic E-state index is 11.7. The fourth-order valence-corrected chi connectivity index (χ4v) is 1.50. The number of hydrogen-bond donors (Lipinski definition) is 3. The van der Waals surface area contributed by atoms with E-state index in [1.165, 1.54) is 6.20 Å². The summed E-state index contributed by atoms with van der Waals surface area (Å²) in [7, 11) is 0. The number of amides is 2. The fraction of sp³-hybridized carbons (Fsp3) is 0.0833. The van der Waals surface area contributed by atoms with Crippen molar-refractivity contribution in [3.8, 4) is 0 Å². The van der Waals surface area contributed by atoms with Crippen LogP contribution in [-0.4, -0.2) is 28.3 Å². The molecule has 0 saturated heterocycles. The van der Waals surface area contributed by atoms with Gasteiger partial charge in [-0.1, -0.05) is 11.6 Å². The molecule has 0 bridgehead atoms. The number of aromatic amines is 1. The van der Waals surface area contributed by atoms with Crippen molar-refractivity contribution in [1.82, 2.24) is 15.3 Å². The molecule has 0 aliphatic carbocycles. The van der Waals surface area contributed by atoms with Gasteiger partial charge in [-0.15, -0.1) is 0 Å². The molecule has 0 fully saturated rings. The minimum atomic E-state index is -0.364. The van der Waals surface area contributed by atoms with Crippen LogP contribution in [0.15, 0.2) is 36.7 Å². The molecular formula is C12H11ClN4O2. The zero-order valence-electron chi connectivity index (χ0n) is 9.81. The molecule has 0 unspecified atom stereocenters. The maximum absolute atomic E-state index is 11.7. The number of carbonyl (C=O) groups is 2. The van der Waals surface area contributed by atoms with E-state index >= 15 is 0 Å². The van der Waals surface area contributed by atoms with Crippen molar-refractivity contribution in [2.45, 2.75) is 0 Å². The van der Waals surface area contributed by atoms with Crippen molar-refractivity contribution in [2.24, 2.45) is 0 Å². The van der Waals surface area contributed by atoms with Gasteiger partial charge in [0.25, 0.3) is 5.91 Å². The molecule has 19 heavy (non-hydrogen) atoms. The monoisotopic (exact) mass is 278 g/mol. The highest BCUT2D eigenvalue weighted by atomic mass is 35.5. The molecule has 1 aromatic heterocycles. The molecule has 2 rings (SSSR count). The van der Waals surface area contributed by atoms with Crippen LogP contribution >= 0.6 is 11.6 Å². The number of hydrogen-bond acceptors (Lipinski definition) is 3. The average molecular weight is 279 g/mol. The van der Waals surface area contributed by atoms with Gasteiger partial charge >= 0.3 is 0 Å². The van der Waals surface area contributed by atoms with Gasteiger partial charge in [-0.3, -0.25) is 14.9 Å². The fourth-order valence-electron chi connectivity index (χ4n) is 1.37. The highest BCUT2D eigenvalue weighted by molar-refractivity contribution is 6.30. The van der Waals surface area contributed by atoms with E-state index < -0.39 is 0 Å². The molecule has 0 aliphatic rings. The van der Waals surface area contributed by atoms with Gasteiger partial charge in [0.15, 0.2) is 0 Å². The summed E-state index contributed by atoms with van der Waals surface area (Å²) in [5.41, 5.74) is 0.440. The van der Waals surface area contributed by atoms with Gasteiger partial charge in [-0.05, 0) is 24.3 Å². The molecule has 7 heteroatoms. The maximum Gasteiger partial charge on any atom is 0.251 e. The Labute approximate surface area is 114 Å². The Morgan fingerprint density at radius 1 is 1.26 bits per heavy atom. The summed E-state index contributed by atoms with van der Waals surface area (Å²) in [6.07, 6.45) is 3.10. The molecule has 2 amide bonds. The summed E-state index contributed by atoms with van der Waals surface area (Å²) in [4.78, 5) is 29.8. The SMILES string of the molecule is O=C(CNC(=O)c1ccc(Cl)cc1)Nc1ncc[nH]1. The Bertz CT molecular complexity index is 566. The number of halogens is 1. The Kier molecular flexibility index (Phi) is 4.15. The molecule has 1 aromatic carbocycles. The molecule has 0 radical (unpaired) electrons. The van der Waals surface area contributed by atoms with E-state index in [-0.39, 0.29) is 18.4 Å². The molecule has 0 aliphatic heterocycles. The molecule has 1 heterocycles. The normalized spacial score (nSPS) is 9.95. The van der Waals surface area contributed by atoms with Crippen molar-refractivity contribution < 1.29 is 9.59 Å². The molecule has 2 aromatic rings. The molecule has 6 nitrogen and oxygen atoms in total. The molecule has 0 spiro atoms. The second kappa shape index (κ2) is 6.01. The number of nitrogens with one attached hydrogen (secondary N) is 3. The number of H-pyrrole nitrogens is 1. The third kappa shape index (κ3) is 3.82. The van der Waals surface area contributed by atoms with Gasteiger partial charge in [0.05, 0.1) is 6.54 Å². The molecule has 3 N–H and O–H groups in total. The lowest BCUT2D eigenvalue weighted by atomic mass is 10.2. The lowest BCUT2D eigenvalue weighted by Crippen LogP contribution is -2.33. The predicted molar refractivity (Wildman–Crippen MR) is 71.0 cm³/mol. The quantitative estimate of drug-likeness (QED) is 0.791. The summed E-state index contributed by atoms with van der Waals surface area (Å²) in [5.74, 6) is -0.366. The van der Waals surface area contributed by atoms with Crippen LogP contribution in [0.4, 0.5) is 5.95 Å². The zero-order valence-corrected chi connectivity index (χ0v) is 10.6. The Morgan fingerprint density at radius 3 is 2.63 bits per heavy atom. The van der Waals surface area contributed by atoms with E-state index in [1.54, 1.807) is 30.5 Å². The van der Waals surface area contributed by atoms with E-state index in [0.29, 0.717) is 16.5 Å². The van der Waals surface area contributed by atoms with Crippen molar-refractivity contribution in [2.75, 3.05) is 11.9 Å². The number of carbonyl (C=O) groups excluding carboxylic acids is 2. The predicted octanol–water partition coefficient (Wildman–Crippen LogP) is 1.43. The van der Waals surface area contributed by atoms with Gasteiger partial charge in [0.1, 0.15) is 0 Å². The lowest BCUT2D eigenvalue weighted by Gasteiger charge is -2.05. The topological polar surface area (TPSA) is 86.9 Å². The highest BCUT2D eigenvalue weighted by Gasteiger charge is 2.08. The van der Waals surface area contributed by atoms with Crippen LogP contribution in [-0.2, 0) is 4.79 Å². The second-order valence-corrected chi connectivity index (χ2v) is 4.11. The van der Waals surface area contributed by atoms with Gasteiger partial charge in [0.2, 0.25) is 11.9 Å². The number of rotatable bonds is 4. The van der Waals surface area contributed by atoms with Crippen molar-refractivity contribution >= 4 is 29.4 Å². The zero-order chi connectivity index (χ0) is 13.7. The summed E-state index contributed by atoms with van der Waals surface area (Å²) < 4.78 is 0. The number of aromatic nitrogens is 2. The van der Waals surface area contributed by atoms with Gasteiger partial charge in [-0.25, -0.2) is 4.98 Å². The highest BCUT2D eigenvalue weighted by Crippen LogP contribution is 2.09. The average Bonchev–Trinajstić information content (AvgIpc) is 2.89. The summed E-state index contributed by atoms with van der Waals surface area (Å²) in [6.45, 7) is -0.137. The van der Waals surface area contributed by atoms with Crippen LogP contribution in [0.25, 0.3) is 0 Å². The van der Waals surface area contributed by atoms with Crippen LogP contribution < -0.4 is 10.6 Å². The first kappa shape index (κ1) is 13.1. The standard InChI is InChI=1S/C12H11ClN4O2/c13-9-3-1-8(2-4-9)11(19)16-7-10(18)17-12-14-5-6-15-12/h1-6H,7H2,(H,16,19)(H2,14,15,17,18). The van der Waals surface area contributed by atoms with Gasteiger partial charge in [0, 0.05) is 23.0 Å². The van der Waals surface area contributed by atoms with Gasteiger partial charge in [-0.2, -0.15) is 0 Å². The number of benzene rings is 1. The second-order valence-electron chi connectivity index (χ2n) is 3.68. The summed E-state index contributed by atoms with van der Waals surface area (Å²) in [5, 5.41) is 5.54. The Balaban J connectivity index is 1.83. The molecular weight excluding hydrogens is 268 g/mol. The lowest BCUT2D eigenvalue weighted by molar-refractivity contribution is -0.115.